The van der Waals surface area contributed by atoms with E-state index in [4.69, 9.17) is 5.11 Å². The van der Waals surface area contributed by atoms with E-state index in [1.807, 2.05) is 0 Å². The highest BCUT2D eigenvalue weighted by Gasteiger charge is 2.01. The zero-order valence-corrected chi connectivity index (χ0v) is 14.4. The Morgan fingerprint density at radius 1 is 0.913 bits per heavy atom. The highest BCUT2D eigenvalue weighted by atomic mass is 16.3. The summed E-state index contributed by atoms with van der Waals surface area (Å²) in [4.78, 5) is 11.9. The zero-order valence-electron chi connectivity index (χ0n) is 14.4. The third-order valence-corrected chi connectivity index (χ3v) is 4.01. The van der Waals surface area contributed by atoms with E-state index in [0.717, 1.165) is 18.4 Å². The molecule has 1 aromatic rings. The van der Waals surface area contributed by atoms with E-state index in [-0.39, 0.29) is 12.4 Å². The fraction of sp³-hybridized carbons (Fsp3) is 0.571. The molecule has 0 radical (unpaired) electrons. The molecule has 0 fully saturated rings. The fourth-order valence-electron chi connectivity index (χ4n) is 2.50. The van der Waals surface area contributed by atoms with Crippen molar-refractivity contribution in [3.8, 4) is 11.8 Å². The number of hydrogen-bond acceptors (Lipinski definition) is 2. The van der Waals surface area contributed by atoms with E-state index in [9.17, 15) is 4.79 Å². The molecule has 2 nitrogen and oxygen atoms in total. The summed E-state index contributed by atoms with van der Waals surface area (Å²) in [6.45, 7) is 2.24. The van der Waals surface area contributed by atoms with Crippen molar-refractivity contribution in [2.75, 3.05) is 0 Å². The lowest BCUT2D eigenvalue weighted by Crippen LogP contribution is -1.95. The number of Topliss-reactive ketones (excluding diaryl/α,β-unsaturated/α-hetero) is 1. The van der Waals surface area contributed by atoms with Gasteiger partial charge in [-0.3, -0.25) is 4.79 Å². The van der Waals surface area contributed by atoms with E-state index in [1.54, 1.807) is 24.3 Å². The maximum absolute atomic E-state index is 11.9. The molecule has 23 heavy (non-hydrogen) atoms. The van der Waals surface area contributed by atoms with E-state index in [1.165, 1.54) is 51.4 Å². The molecule has 0 amide bonds. The van der Waals surface area contributed by atoms with Gasteiger partial charge in [-0.1, -0.05) is 88.5 Å². The van der Waals surface area contributed by atoms with Crippen LogP contribution in [0.1, 0.15) is 87.1 Å². The Kier molecular flexibility index (Phi) is 10.9. The van der Waals surface area contributed by atoms with Gasteiger partial charge in [0.05, 0.1) is 6.61 Å². The molecule has 126 valence electrons. The molecule has 1 rings (SSSR count). The van der Waals surface area contributed by atoms with Crippen molar-refractivity contribution in [1.29, 1.82) is 0 Å². The van der Waals surface area contributed by atoms with Crippen molar-refractivity contribution < 1.29 is 9.90 Å². The molecular formula is C21H30O2. The van der Waals surface area contributed by atoms with Gasteiger partial charge in [0.15, 0.2) is 0 Å². The predicted octanol–water partition coefficient (Wildman–Crippen LogP) is 5.29. The second-order valence-electron chi connectivity index (χ2n) is 6.06. The number of aliphatic hydroxyl groups is 1. The second kappa shape index (κ2) is 12.9. The third kappa shape index (κ3) is 9.21. The number of carbonyl (C=O) groups is 1. The first-order valence-corrected chi connectivity index (χ1v) is 9.01. The molecule has 0 unspecified atom stereocenters. The van der Waals surface area contributed by atoms with Crippen LogP contribution in [0, 0.1) is 11.8 Å². The lowest BCUT2D eigenvalue weighted by molar-refractivity contribution is 0.105. The summed E-state index contributed by atoms with van der Waals surface area (Å²) in [5, 5.41) is 8.97. The Hall–Kier alpha value is -1.59. The number of benzene rings is 1. The summed E-state index contributed by atoms with van der Waals surface area (Å²) < 4.78 is 0. The highest BCUT2D eigenvalue weighted by Crippen LogP contribution is 2.10. The largest absolute Gasteiger partial charge is 0.392 e. The lowest BCUT2D eigenvalue weighted by Gasteiger charge is -2.00. The number of ketones is 1. The standard InChI is InChI=1S/C21H30O2/c1-2-3-4-5-6-7-8-9-10-11-12-13-21(23)20-16-14-19(18-22)15-17-20/h14-17,22H,2-11,18H2,1H3. The monoisotopic (exact) mass is 314 g/mol. The summed E-state index contributed by atoms with van der Waals surface area (Å²) in [5.74, 6) is 5.56. The van der Waals surface area contributed by atoms with Gasteiger partial charge in [0.25, 0.3) is 0 Å². The van der Waals surface area contributed by atoms with Crippen LogP contribution in [0.4, 0.5) is 0 Å². The Morgan fingerprint density at radius 2 is 1.48 bits per heavy atom. The number of carbonyl (C=O) groups excluding carboxylic acids is 1. The molecule has 1 N–H and O–H groups in total. The molecule has 0 bridgehead atoms. The van der Waals surface area contributed by atoms with E-state index >= 15 is 0 Å². The van der Waals surface area contributed by atoms with Crippen molar-refractivity contribution in [2.45, 2.75) is 77.7 Å². The van der Waals surface area contributed by atoms with Crippen molar-refractivity contribution in [2.24, 2.45) is 0 Å². The maximum atomic E-state index is 11.9. The first kappa shape index (κ1) is 19.5. The summed E-state index contributed by atoms with van der Waals surface area (Å²) >= 11 is 0. The maximum Gasteiger partial charge on any atom is 0.235 e. The van der Waals surface area contributed by atoms with Crippen LogP contribution in [-0.2, 0) is 6.61 Å². The average molecular weight is 314 g/mol. The molecule has 0 saturated carbocycles. The minimum absolute atomic E-state index is 0.00124. The second-order valence-corrected chi connectivity index (χ2v) is 6.06. The van der Waals surface area contributed by atoms with Gasteiger partial charge in [0, 0.05) is 12.0 Å². The van der Waals surface area contributed by atoms with Crippen LogP contribution in [0.15, 0.2) is 24.3 Å². The third-order valence-electron chi connectivity index (χ3n) is 4.01. The summed E-state index contributed by atoms with van der Waals surface area (Å²) in [6.07, 6.45) is 12.5. The van der Waals surface area contributed by atoms with E-state index < -0.39 is 0 Å². The van der Waals surface area contributed by atoms with Gasteiger partial charge < -0.3 is 5.11 Å². The molecule has 0 aromatic heterocycles. The number of hydrogen-bond donors (Lipinski definition) is 1. The van der Waals surface area contributed by atoms with Gasteiger partial charge in [0.2, 0.25) is 5.78 Å². The summed E-state index contributed by atoms with van der Waals surface area (Å²) in [6, 6.07) is 6.97. The minimum atomic E-state index is -0.134. The van der Waals surface area contributed by atoms with E-state index in [0.29, 0.717) is 5.56 Å². The van der Waals surface area contributed by atoms with Crippen molar-refractivity contribution in [3.05, 3.63) is 35.4 Å². The molecule has 0 aliphatic heterocycles. The summed E-state index contributed by atoms with van der Waals surface area (Å²) in [7, 11) is 0. The quantitative estimate of drug-likeness (QED) is 0.261. The van der Waals surface area contributed by atoms with Gasteiger partial charge in [-0.25, -0.2) is 0 Å². The van der Waals surface area contributed by atoms with Crippen LogP contribution in [0.5, 0.6) is 0 Å². The minimum Gasteiger partial charge on any atom is -0.392 e. The average Bonchev–Trinajstić information content (AvgIpc) is 2.59. The number of unbranched alkanes of at least 4 members (excludes halogenated alkanes) is 9. The van der Waals surface area contributed by atoms with Gasteiger partial charge in [-0.15, -0.1) is 0 Å². The SMILES string of the molecule is CCCCCCCCCCCC#CC(=O)c1ccc(CO)cc1. The molecule has 0 aliphatic rings. The molecule has 2 heteroatoms. The molecule has 0 saturated heterocycles. The highest BCUT2D eigenvalue weighted by molar-refractivity contribution is 6.08. The van der Waals surface area contributed by atoms with E-state index in [2.05, 4.69) is 18.8 Å². The molecule has 0 spiro atoms. The molecule has 1 aromatic carbocycles. The Labute approximate surface area is 141 Å². The number of rotatable bonds is 11. The first-order chi connectivity index (χ1) is 11.3. The van der Waals surface area contributed by atoms with Gasteiger partial charge >= 0.3 is 0 Å². The molecular weight excluding hydrogens is 284 g/mol. The summed E-state index contributed by atoms with van der Waals surface area (Å²) in [5.41, 5.74) is 1.41. The van der Waals surface area contributed by atoms with Crippen LogP contribution >= 0.6 is 0 Å². The van der Waals surface area contributed by atoms with Crippen molar-refractivity contribution in [1.82, 2.24) is 0 Å². The Bertz CT molecular complexity index is 491. The van der Waals surface area contributed by atoms with Gasteiger partial charge in [-0.2, -0.15) is 0 Å². The zero-order chi connectivity index (χ0) is 16.8. The number of aliphatic hydroxyl groups excluding tert-OH is 1. The van der Waals surface area contributed by atoms with Crippen LogP contribution in [0.25, 0.3) is 0 Å². The predicted molar refractivity (Wildman–Crippen MR) is 96.3 cm³/mol. The smallest absolute Gasteiger partial charge is 0.235 e. The molecule has 0 atom stereocenters. The van der Waals surface area contributed by atoms with Crippen LogP contribution in [0.3, 0.4) is 0 Å². The normalized spacial score (nSPS) is 10.2. The van der Waals surface area contributed by atoms with Gasteiger partial charge in [0.1, 0.15) is 0 Å². The van der Waals surface area contributed by atoms with Crippen LogP contribution in [-0.4, -0.2) is 10.9 Å². The van der Waals surface area contributed by atoms with Crippen molar-refractivity contribution >= 4 is 5.78 Å². The Balaban J connectivity index is 2.09. The first-order valence-electron chi connectivity index (χ1n) is 9.01. The topological polar surface area (TPSA) is 37.3 Å². The fourth-order valence-corrected chi connectivity index (χ4v) is 2.50. The Morgan fingerprint density at radius 3 is 2.04 bits per heavy atom. The van der Waals surface area contributed by atoms with Gasteiger partial charge in [-0.05, 0) is 17.9 Å². The molecule has 0 heterocycles. The van der Waals surface area contributed by atoms with Crippen LogP contribution in [0.2, 0.25) is 0 Å². The van der Waals surface area contributed by atoms with Crippen LogP contribution < -0.4 is 0 Å². The molecule has 0 aliphatic carbocycles. The van der Waals surface area contributed by atoms with Crippen molar-refractivity contribution in [3.63, 3.8) is 0 Å². The lowest BCUT2D eigenvalue weighted by atomic mass is 10.1.